The molecule has 0 saturated carbocycles. The van der Waals surface area contributed by atoms with Gasteiger partial charge in [0.05, 0.1) is 16.4 Å². The Hall–Kier alpha value is -0.960. The van der Waals surface area contributed by atoms with E-state index in [-0.39, 0.29) is 18.6 Å². The number of nitrogens with zero attached hydrogens (tertiary/aromatic N) is 1. The molecule has 0 aliphatic rings. The predicted molar refractivity (Wildman–Crippen MR) is 92.2 cm³/mol. The number of thiophene rings is 1. The highest BCUT2D eigenvalue weighted by Crippen LogP contribution is 2.23. The van der Waals surface area contributed by atoms with E-state index in [2.05, 4.69) is 25.0 Å². The summed E-state index contributed by atoms with van der Waals surface area (Å²) in [6, 6.07) is 2.14. The first-order valence-electron chi connectivity index (χ1n) is 6.97. The molecule has 1 N–H and O–H groups in total. The minimum Gasteiger partial charge on any atom is -0.395 e. The zero-order chi connectivity index (χ0) is 15.8. The molecule has 1 atom stereocenters. The van der Waals surface area contributed by atoms with Gasteiger partial charge in [-0.25, -0.2) is 0 Å². The fourth-order valence-electron chi connectivity index (χ4n) is 1.77. The zero-order valence-electron chi connectivity index (χ0n) is 13.1. The molecule has 1 aromatic rings. The van der Waals surface area contributed by atoms with E-state index < -0.39 is 0 Å². The molecule has 0 aliphatic carbocycles. The maximum atomic E-state index is 12.5. The summed E-state index contributed by atoms with van der Waals surface area (Å²) in [6.07, 6.45) is 3.54. The number of thioether (sulfide) groups is 1. The quantitative estimate of drug-likeness (QED) is 0.818. The molecule has 0 spiro atoms. The van der Waals surface area contributed by atoms with Crippen LogP contribution in [0.15, 0.2) is 6.07 Å². The van der Waals surface area contributed by atoms with Crippen LogP contribution in [0.5, 0.6) is 0 Å². The van der Waals surface area contributed by atoms with Crippen LogP contribution in [0, 0.1) is 18.8 Å². The standard InChI is InChI=1S/C16H23NO2S2/c1-12-11-15(21-14(12)7-5-6-9-18)16(19)17(3)13(2)8-10-20-4/h11,13,18H,6,8-10H2,1-4H3. The molecule has 0 saturated heterocycles. The molecular formula is C16H23NO2S2. The molecule has 1 amide bonds. The molecule has 1 rings (SSSR count). The Morgan fingerprint density at radius 1 is 1.57 bits per heavy atom. The molecule has 116 valence electrons. The SMILES string of the molecule is CSCCC(C)N(C)C(=O)c1cc(C)c(C#CCCO)s1. The normalized spacial score (nSPS) is 11.7. The van der Waals surface area contributed by atoms with Crippen LogP contribution in [-0.2, 0) is 0 Å². The van der Waals surface area contributed by atoms with Crippen molar-refractivity contribution >= 4 is 29.0 Å². The van der Waals surface area contributed by atoms with E-state index in [1.54, 1.807) is 11.8 Å². The molecule has 0 bridgehead atoms. The van der Waals surface area contributed by atoms with Gasteiger partial charge in [0, 0.05) is 19.5 Å². The third-order valence-electron chi connectivity index (χ3n) is 3.29. The van der Waals surface area contributed by atoms with E-state index in [1.807, 2.05) is 24.9 Å². The molecule has 1 aromatic heterocycles. The Bertz CT molecular complexity index is 528. The first-order valence-corrected chi connectivity index (χ1v) is 9.18. The van der Waals surface area contributed by atoms with Crippen LogP contribution in [0.2, 0.25) is 0 Å². The lowest BCUT2D eigenvalue weighted by molar-refractivity contribution is 0.0746. The fourth-order valence-corrected chi connectivity index (χ4v) is 3.37. The molecule has 0 aromatic carbocycles. The van der Waals surface area contributed by atoms with E-state index in [0.29, 0.717) is 6.42 Å². The van der Waals surface area contributed by atoms with Crippen LogP contribution in [0.25, 0.3) is 0 Å². The summed E-state index contributed by atoms with van der Waals surface area (Å²) < 4.78 is 0. The van der Waals surface area contributed by atoms with Crippen molar-refractivity contribution in [1.29, 1.82) is 0 Å². The number of hydrogen-bond acceptors (Lipinski definition) is 4. The average Bonchev–Trinajstić information content (AvgIpc) is 2.84. The van der Waals surface area contributed by atoms with E-state index in [9.17, 15) is 4.79 Å². The average molecular weight is 325 g/mol. The van der Waals surface area contributed by atoms with Gasteiger partial charge in [0.2, 0.25) is 0 Å². The summed E-state index contributed by atoms with van der Waals surface area (Å²) in [6.45, 7) is 4.11. The summed E-state index contributed by atoms with van der Waals surface area (Å²) in [5.41, 5.74) is 1.03. The van der Waals surface area contributed by atoms with Crippen molar-refractivity contribution in [2.75, 3.05) is 25.7 Å². The van der Waals surface area contributed by atoms with Crippen molar-refractivity contribution in [3.8, 4) is 11.8 Å². The maximum absolute atomic E-state index is 12.5. The summed E-state index contributed by atoms with van der Waals surface area (Å²) in [4.78, 5) is 15.9. The molecule has 5 heteroatoms. The minimum absolute atomic E-state index is 0.0620. The van der Waals surface area contributed by atoms with E-state index in [4.69, 9.17) is 5.11 Å². The van der Waals surface area contributed by atoms with Crippen LogP contribution in [0.1, 0.15) is 39.9 Å². The monoisotopic (exact) mass is 325 g/mol. The lowest BCUT2D eigenvalue weighted by Crippen LogP contribution is -2.35. The number of carbonyl (C=O) groups is 1. The smallest absolute Gasteiger partial charge is 0.263 e. The van der Waals surface area contributed by atoms with E-state index in [1.165, 1.54) is 11.3 Å². The number of carbonyl (C=O) groups excluding carboxylic acids is 1. The second-order valence-corrected chi connectivity index (χ2v) is 6.98. The predicted octanol–water partition coefficient (Wildman–Crippen LogP) is 3.00. The zero-order valence-corrected chi connectivity index (χ0v) is 14.7. The molecule has 0 radical (unpaired) electrons. The van der Waals surface area contributed by atoms with Crippen molar-refractivity contribution in [3.05, 3.63) is 21.4 Å². The van der Waals surface area contributed by atoms with Gasteiger partial charge in [0.15, 0.2) is 0 Å². The fraction of sp³-hybridized carbons (Fsp3) is 0.562. The van der Waals surface area contributed by atoms with Crippen molar-refractivity contribution in [2.24, 2.45) is 0 Å². The van der Waals surface area contributed by atoms with Crippen molar-refractivity contribution < 1.29 is 9.90 Å². The third kappa shape index (κ3) is 5.39. The van der Waals surface area contributed by atoms with Crippen LogP contribution >= 0.6 is 23.1 Å². The van der Waals surface area contributed by atoms with Crippen molar-refractivity contribution in [1.82, 2.24) is 4.90 Å². The van der Waals surface area contributed by atoms with Gasteiger partial charge in [0.1, 0.15) is 0 Å². The number of aryl methyl sites for hydroxylation is 1. The van der Waals surface area contributed by atoms with Crippen LogP contribution in [0.3, 0.4) is 0 Å². The third-order valence-corrected chi connectivity index (χ3v) is 5.07. The Kier molecular flexibility index (Phi) is 7.87. The number of hydrogen-bond donors (Lipinski definition) is 1. The van der Waals surface area contributed by atoms with Gasteiger partial charge in [-0.2, -0.15) is 11.8 Å². The minimum atomic E-state index is 0.0620. The molecule has 3 nitrogen and oxygen atoms in total. The van der Waals surface area contributed by atoms with Crippen LogP contribution < -0.4 is 0 Å². The summed E-state index contributed by atoms with van der Waals surface area (Å²) in [5.74, 6) is 7.05. The lowest BCUT2D eigenvalue weighted by Gasteiger charge is -2.24. The molecular weight excluding hydrogens is 302 g/mol. The molecule has 1 heterocycles. The Balaban J connectivity index is 2.79. The maximum Gasteiger partial charge on any atom is 0.263 e. The number of amides is 1. The molecule has 1 unspecified atom stereocenters. The van der Waals surface area contributed by atoms with Crippen LogP contribution in [-0.4, -0.2) is 47.6 Å². The molecule has 0 fully saturated rings. The first kappa shape index (κ1) is 18.1. The van der Waals surface area contributed by atoms with Crippen molar-refractivity contribution in [3.63, 3.8) is 0 Å². The number of rotatable bonds is 6. The lowest BCUT2D eigenvalue weighted by atomic mass is 10.2. The Morgan fingerprint density at radius 3 is 2.90 bits per heavy atom. The molecule has 0 aliphatic heterocycles. The first-order chi connectivity index (χ1) is 10.0. The van der Waals surface area contributed by atoms with Gasteiger partial charge in [-0.3, -0.25) is 4.79 Å². The second kappa shape index (κ2) is 9.14. The Morgan fingerprint density at radius 2 is 2.29 bits per heavy atom. The highest BCUT2D eigenvalue weighted by Gasteiger charge is 2.19. The van der Waals surface area contributed by atoms with Gasteiger partial charge >= 0.3 is 0 Å². The van der Waals surface area contributed by atoms with Gasteiger partial charge in [-0.15, -0.1) is 11.3 Å². The summed E-state index contributed by atoms with van der Waals surface area (Å²) in [7, 11) is 1.86. The van der Waals surface area contributed by atoms with E-state index >= 15 is 0 Å². The van der Waals surface area contributed by atoms with Gasteiger partial charge < -0.3 is 10.0 Å². The number of aliphatic hydroxyl groups excluding tert-OH is 1. The van der Waals surface area contributed by atoms with Gasteiger partial charge in [-0.05, 0) is 43.9 Å². The highest BCUT2D eigenvalue weighted by molar-refractivity contribution is 7.98. The summed E-state index contributed by atoms with van der Waals surface area (Å²) in [5, 5.41) is 8.75. The highest BCUT2D eigenvalue weighted by atomic mass is 32.2. The topological polar surface area (TPSA) is 40.5 Å². The second-order valence-electron chi connectivity index (χ2n) is 4.94. The number of aliphatic hydroxyl groups is 1. The van der Waals surface area contributed by atoms with Gasteiger partial charge in [0.25, 0.3) is 5.91 Å². The van der Waals surface area contributed by atoms with Gasteiger partial charge in [-0.1, -0.05) is 11.8 Å². The van der Waals surface area contributed by atoms with Crippen LogP contribution in [0.4, 0.5) is 0 Å². The Labute approximate surface area is 135 Å². The molecule has 21 heavy (non-hydrogen) atoms. The van der Waals surface area contributed by atoms with Crippen molar-refractivity contribution in [2.45, 2.75) is 32.7 Å². The van der Waals surface area contributed by atoms with E-state index in [0.717, 1.165) is 27.5 Å². The largest absolute Gasteiger partial charge is 0.395 e. The summed E-state index contributed by atoms with van der Waals surface area (Å²) >= 11 is 3.23.